The summed E-state index contributed by atoms with van der Waals surface area (Å²) in [6.45, 7) is 9.88. The third-order valence-electron chi connectivity index (χ3n) is 4.16. The highest BCUT2D eigenvalue weighted by molar-refractivity contribution is 5.37. The van der Waals surface area contributed by atoms with Crippen LogP contribution in [0.3, 0.4) is 0 Å². The van der Waals surface area contributed by atoms with Gasteiger partial charge in [-0.1, -0.05) is 0 Å². The van der Waals surface area contributed by atoms with E-state index in [-0.39, 0.29) is 5.56 Å². The Balaban J connectivity index is 2.21. The molecule has 2 aromatic heterocycles. The molecule has 0 saturated carbocycles. The third kappa shape index (κ3) is 2.02. The first-order chi connectivity index (χ1) is 9.47. The van der Waals surface area contributed by atoms with E-state index in [1.54, 1.807) is 4.40 Å². The minimum Gasteiger partial charge on any atom is -0.296 e. The molecule has 0 spiro atoms. The van der Waals surface area contributed by atoms with Crippen molar-refractivity contribution >= 4 is 5.78 Å². The minimum atomic E-state index is 0.0333. The van der Waals surface area contributed by atoms with Gasteiger partial charge in [-0.15, -0.1) is 0 Å². The minimum absolute atomic E-state index is 0.0333. The molecule has 1 aliphatic rings. The average Bonchev–Trinajstić information content (AvgIpc) is 2.41. The smallest absolute Gasteiger partial charge is 0.263 e. The fraction of sp³-hybridized carbons (Fsp3) is 0.533. The van der Waals surface area contributed by atoms with Gasteiger partial charge in [0.1, 0.15) is 0 Å². The van der Waals surface area contributed by atoms with Crippen molar-refractivity contribution in [2.24, 2.45) is 0 Å². The Hall–Kier alpha value is -1.75. The Morgan fingerprint density at radius 2 is 2.00 bits per heavy atom. The van der Waals surface area contributed by atoms with Gasteiger partial charge in [0, 0.05) is 37.4 Å². The maximum atomic E-state index is 12.7. The first kappa shape index (κ1) is 13.2. The molecule has 5 heteroatoms. The Bertz CT molecular complexity index is 733. The number of aromatic nitrogens is 3. The summed E-state index contributed by atoms with van der Waals surface area (Å²) in [4.78, 5) is 24.0. The summed E-state index contributed by atoms with van der Waals surface area (Å²) in [6, 6.07) is 0.445. The van der Waals surface area contributed by atoms with Crippen molar-refractivity contribution < 1.29 is 0 Å². The summed E-state index contributed by atoms with van der Waals surface area (Å²) < 4.78 is 1.59. The van der Waals surface area contributed by atoms with Gasteiger partial charge in [0.2, 0.25) is 5.78 Å². The molecular formula is C15H20N4O. The van der Waals surface area contributed by atoms with Crippen LogP contribution in [-0.4, -0.2) is 31.9 Å². The van der Waals surface area contributed by atoms with E-state index in [0.717, 1.165) is 35.5 Å². The van der Waals surface area contributed by atoms with Crippen molar-refractivity contribution in [3.8, 4) is 0 Å². The van der Waals surface area contributed by atoms with Gasteiger partial charge in [-0.05, 0) is 33.3 Å². The Morgan fingerprint density at radius 1 is 1.25 bits per heavy atom. The first-order valence-electron chi connectivity index (χ1n) is 7.10. The molecule has 3 heterocycles. The quantitative estimate of drug-likeness (QED) is 0.789. The van der Waals surface area contributed by atoms with E-state index in [1.807, 2.05) is 20.0 Å². The topological polar surface area (TPSA) is 50.5 Å². The SMILES string of the molecule is Cc1cn2c(=O)c3c(nc2nc1C)CCN(C(C)C)C3. The highest BCUT2D eigenvalue weighted by Crippen LogP contribution is 2.17. The molecule has 0 N–H and O–H groups in total. The van der Waals surface area contributed by atoms with Crippen molar-refractivity contribution in [3.05, 3.63) is 39.1 Å². The molecule has 0 amide bonds. The monoisotopic (exact) mass is 272 g/mol. The van der Waals surface area contributed by atoms with Crippen LogP contribution in [0.2, 0.25) is 0 Å². The number of aryl methyl sites for hydroxylation is 2. The maximum absolute atomic E-state index is 12.7. The predicted molar refractivity (Wildman–Crippen MR) is 78.0 cm³/mol. The van der Waals surface area contributed by atoms with Crippen LogP contribution in [0.4, 0.5) is 0 Å². The van der Waals surface area contributed by atoms with Gasteiger partial charge in [-0.2, -0.15) is 0 Å². The second-order valence-corrected chi connectivity index (χ2v) is 5.84. The molecule has 0 saturated heterocycles. The van der Waals surface area contributed by atoms with E-state index in [0.29, 0.717) is 18.4 Å². The lowest BCUT2D eigenvalue weighted by molar-refractivity contribution is 0.200. The lowest BCUT2D eigenvalue weighted by Crippen LogP contribution is -2.40. The molecule has 0 unspecified atom stereocenters. The Labute approximate surface area is 118 Å². The Kier molecular flexibility index (Phi) is 3.09. The van der Waals surface area contributed by atoms with Crippen molar-refractivity contribution in [2.45, 2.75) is 46.7 Å². The zero-order valence-electron chi connectivity index (χ0n) is 12.5. The summed E-state index contributed by atoms with van der Waals surface area (Å²) in [6.07, 6.45) is 2.68. The normalized spacial score (nSPS) is 15.8. The second kappa shape index (κ2) is 4.66. The maximum Gasteiger partial charge on any atom is 0.263 e. The van der Waals surface area contributed by atoms with Crippen LogP contribution >= 0.6 is 0 Å². The number of nitrogens with zero attached hydrogens (tertiary/aromatic N) is 4. The molecule has 5 nitrogen and oxygen atoms in total. The number of fused-ring (bicyclic) bond motifs is 2. The van der Waals surface area contributed by atoms with E-state index in [4.69, 9.17) is 0 Å². The second-order valence-electron chi connectivity index (χ2n) is 5.84. The molecule has 106 valence electrons. The lowest BCUT2D eigenvalue weighted by atomic mass is 10.1. The number of hydrogen-bond acceptors (Lipinski definition) is 4. The van der Waals surface area contributed by atoms with Gasteiger partial charge in [-0.25, -0.2) is 9.97 Å². The van der Waals surface area contributed by atoms with Crippen LogP contribution in [-0.2, 0) is 13.0 Å². The van der Waals surface area contributed by atoms with Crippen molar-refractivity contribution in [1.29, 1.82) is 0 Å². The van der Waals surface area contributed by atoms with E-state index in [9.17, 15) is 4.79 Å². The van der Waals surface area contributed by atoms with Crippen LogP contribution < -0.4 is 5.56 Å². The van der Waals surface area contributed by atoms with Crippen LogP contribution in [0.15, 0.2) is 11.0 Å². The van der Waals surface area contributed by atoms with Crippen molar-refractivity contribution in [1.82, 2.24) is 19.3 Å². The zero-order valence-corrected chi connectivity index (χ0v) is 12.5. The molecule has 1 aliphatic heterocycles. The van der Waals surface area contributed by atoms with Gasteiger partial charge in [0.05, 0.1) is 11.3 Å². The predicted octanol–water partition coefficient (Wildman–Crippen LogP) is 1.47. The lowest BCUT2D eigenvalue weighted by Gasteiger charge is -2.30. The summed E-state index contributed by atoms with van der Waals surface area (Å²) in [7, 11) is 0. The van der Waals surface area contributed by atoms with Gasteiger partial charge in [0.15, 0.2) is 0 Å². The van der Waals surface area contributed by atoms with E-state index in [1.165, 1.54) is 0 Å². The van der Waals surface area contributed by atoms with Gasteiger partial charge >= 0.3 is 0 Å². The van der Waals surface area contributed by atoms with Crippen LogP contribution in [0, 0.1) is 13.8 Å². The zero-order chi connectivity index (χ0) is 14.4. The molecule has 0 bridgehead atoms. The highest BCUT2D eigenvalue weighted by atomic mass is 16.1. The van der Waals surface area contributed by atoms with Crippen LogP contribution in [0.1, 0.15) is 36.4 Å². The largest absolute Gasteiger partial charge is 0.296 e. The van der Waals surface area contributed by atoms with Gasteiger partial charge in [-0.3, -0.25) is 14.1 Å². The summed E-state index contributed by atoms with van der Waals surface area (Å²) in [5, 5.41) is 0. The van der Waals surface area contributed by atoms with Gasteiger partial charge in [0.25, 0.3) is 5.56 Å². The summed E-state index contributed by atoms with van der Waals surface area (Å²) in [5.41, 5.74) is 3.72. The molecule has 0 aromatic carbocycles. The van der Waals surface area contributed by atoms with Crippen LogP contribution in [0.25, 0.3) is 5.78 Å². The fourth-order valence-electron chi connectivity index (χ4n) is 2.66. The molecule has 0 aliphatic carbocycles. The van der Waals surface area contributed by atoms with Crippen molar-refractivity contribution in [2.75, 3.05) is 6.54 Å². The van der Waals surface area contributed by atoms with E-state index in [2.05, 4.69) is 28.7 Å². The van der Waals surface area contributed by atoms with Crippen molar-refractivity contribution in [3.63, 3.8) is 0 Å². The average molecular weight is 272 g/mol. The fourth-order valence-corrected chi connectivity index (χ4v) is 2.66. The van der Waals surface area contributed by atoms with Gasteiger partial charge < -0.3 is 0 Å². The van der Waals surface area contributed by atoms with E-state index >= 15 is 0 Å². The third-order valence-corrected chi connectivity index (χ3v) is 4.16. The molecule has 20 heavy (non-hydrogen) atoms. The molecule has 0 radical (unpaired) electrons. The summed E-state index contributed by atoms with van der Waals surface area (Å²) >= 11 is 0. The first-order valence-corrected chi connectivity index (χ1v) is 7.10. The highest BCUT2D eigenvalue weighted by Gasteiger charge is 2.23. The summed E-state index contributed by atoms with van der Waals surface area (Å²) in [5.74, 6) is 0.523. The number of rotatable bonds is 1. The molecule has 2 aromatic rings. The standard InChI is InChI=1S/C15H20N4O/c1-9(2)18-6-5-13-12(8-18)14(20)19-7-10(3)11(4)16-15(19)17-13/h7,9H,5-6,8H2,1-4H3. The van der Waals surface area contributed by atoms with E-state index < -0.39 is 0 Å². The number of hydrogen-bond donors (Lipinski definition) is 0. The Morgan fingerprint density at radius 3 is 2.70 bits per heavy atom. The molecule has 3 rings (SSSR count). The molecular weight excluding hydrogens is 252 g/mol. The molecule has 0 fully saturated rings. The van der Waals surface area contributed by atoms with Crippen LogP contribution in [0.5, 0.6) is 0 Å². The molecule has 0 atom stereocenters.